The number of fused-ring (bicyclic) bond motifs is 3. The van der Waals surface area contributed by atoms with Crippen LogP contribution in [0.5, 0.6) is 0 Å². The van der Waals surface area contributed by atoms with Gasteiger partial charge in [0.25, 0.3) is 5.91 Å². The third-order valence-electron chi connectivity index (χ3n) is 7.99. The lowest BCUT2D eigenvalue weighted by Crippen LogP contribution is -2.75. The largest absolute Gasteiger partial charge is 0.390 e. The van der Waals surface area contributed by atoms with Crippen LogP contribution in [0.15, 0.2) is 91.0 Å². The molecule has 0 unspecified atom stereocenters. The van der Waals surface area contributed by atoms with E-state index in [1.807, 2.05) is 85.8 Å². The molecule has 3 aromatic rings. The van der Waals surface area contributed by atoms with E-state index in [1.165, 1.54) is 0 Å². The van der Waals surface area contributed by atoms with E-state index in [0.29, 0.717) is 32.0 Å². The molecule has 0 aromatic heterocycles. The topological polar surface area (TPSA) is 79.2 Å². The van der Waals surface area contributed by atoms with Crippen molar-refractivity contribution in [2.75, 3.05) is 13.2 Å². The van der Waals surface area contributed by atoms with E-state index in [-0.39, 0.29) is 29.7 Å². The molecular formula is C31H35NO5. The Morgan fingerprint density at radius 3 is 1.76 bits per heavy atom. The minimum atomic E-state index is -1.05. The van der Waals surface area contributed by atoms with Crippen LogP contribution < -0.4 is 0 Å². The fraction of sp³-hybridized carbons (Fsp3) is 0.387. The molecule has 2 N–H and O–H groups in total. The number of benzene rings is 3. The molecule has 2 heterocycles. The van der Waals surface area contributed by atoms with E-state index in [1.54, 1.807) is 17.0 Å². The Morgan fingerprint density at radius 2 is 1.22 bits per heavy atom. The molecule has 7 atom stereocenters. The van der Waals surface area contributed by atoms with E-state index < -0.39 is 18.2 Å². The number of hydrogen-bond donors (Lipinski definition) is 2. The normalized spacial score (nSPS) is 28.8. The first kappa shape index (κ1) is 25.6. The average Bonchev–Trinajstić information content (AvgIpc) is 2.93. The van der Waals surface area contributed by atoms with Crippen molar-refractivity contribution in [1.82, 2.24) is 4.90 Å². The minimum Gasteiger partial charge on any atom is -0.390 e. The second kappa shape index (κ2) is 11.6. The van der Waals surface area contributed by atoms with Crippen molar-refractivity contribution in [3.05, 3.63) is 108 Å². The van der Waals surface area contributed by atoms with Gasteiger partial charge < -0.3 is 24.6 Å². The summed E-state index contributed by atoms with van der Waals surface area (Å²) >= 11 is 0. The molecule has 2 bridgehead atoms. The Hall–Kier alpha value is -3.03. The van der Waals surface area contributed by atoms with Crippen LogP contribution in [0.2, 0.25) is 0 Å². The molecule has 0 spiro atoms. The molecule has 0 radical (unpaired) electrons. The second-order valence-electron chi connectivity index (χ2n) is 10.2. The van der Waals surface area contributed by atoms with E-state index in [4.69, 9.17) is 9.47 Å². The summed E-state index contributed by atoms with van der Waals surface area (Å²) in [5.41, 5.74) is 2.71. The van der Waals surface area contributed by atoms with Crippen LogP contribution in [0.4, 0.5) is 0 Å². The van der Waals surface area contributed by atoms with Crippen LogP contribution in [-0.2, 0) is 22.7 Å². The van der Waals surface area contributed by atoms with Gasteiger partial charge in [-0.25, -0.2) is 0 Å². The highest BCUT2D eigenvalue weighted by Gasteiger charge is 2.60. The van der Waals surface area contributed by atoms with Crippen molar-refractivity contribution in [3.63, 3.8) is 0 Å². The summed E-state index contributed by atoms with van der Waals surface area (Å²) in [7, 11) is 0. The van der Waals surface area contributed by atoms with Gasteiger partial charge in [0.1, 0.15) is 6.10 Å². The number of hydrogen-bond acceptors (Lipinski definition) is 5. The van der Waals surface area contributed by atoms with Crippen molar-refractivity contribution in [2.24, 2.45) is 17.8 Å². The number of carbonyl (C=O) groups excluding carboxylic acids is 1. The van der Waals surface area contributed by atoms with Crippen molar-refractivity contribution < 1.29 is 24.5 Å². The summed E-state index contributed by atoms with van der Waals surface area (Å²) < 4.78 is 12.3. The van der Waals surface area contributed by atoms with Crippen molar-refractivity contribution in [2.45, 2.75) is 44.4 Å². The Balaban J connectivity index is 1.39. The molecule has 6 rings (SSSR count). The standard InChI is InChI=1S/C31H35NO5/c1-21-27-25(19-36-17-22-11-5-2-6-12-22)26(20-37-18-23-13-7-3-8-14-23)28(30(34)29(27)33)32(21)31(35)24-15-9-4-10-16-24/h2-16,21,25-30,33-34H,17-20H2,1H3/t21-,25-,26+,27+,28-,29+,30-/m1/s1. The number of carbonyl (C=O) groups is 1. The van der Waals surface area contributed by atoms with Crippen LogP contribution in [0, 0.1) is 17.8 Å². The van der Waals surface area contributed by atoms with E-state index in [9.17, 15) is 15.0 Å². The van der Waals surface area contributed by atoms with Gasteiger partial charge in [-0.05, 0) is 36.1 Å². The summed E-state index contributed by atoms with van der Waals surface area (Å²) in [6.45, 7) is 3.64. The SMILES string of the molecule is C[C@@H]1[C@@H]2[C@H](O)[C@H](O)[C@@H]([C@@H](COCc3ccccc3)[C@H]2COCc2ccccc2)N1C(=O)c1ccccc1. The maximum absolute atomic E-state index is 13.7. The van der Waals surface area contributed by atoms with Gasteiger partial charge >= 0.3 is 0 Å². The van der Waals surface area contributed by atoms with Crippen LogP contribution in [0.3, 0.4) is 0 Å². The van der Waals surface area contributed by atoms with Crippen molar-refractivity contribution in [1.29, 1.82) is 0 Å². The smallest absolute Gasteiger partial charge is 0.254 e. The first-order valence-electron chi connectivity index (χ1n) is 13.0. The Labute approximate surface area is 218 Å². The van der Waals surface area contributed by atoms with Gasteiger partial charge in [-0.15, -0.1) is 0 Å². The van der Waals surface area contributed by atoms with Crippen LogP contribution in [0.1, 0.15) is 28.4 Å². The quantitative estimate of drug-likeness (QED) is 0.465. The number of aliphatic hydroxyl groups excluding tert-OH is 2. The van der Waals surface area contributed by atoms with Gasteiger partial charge in [-0.1, -0.05) is 78.9 Å². The third-order valence-corrected chi connectivity index (χ3v) is 7.99. The molecule has 3 aromatic carbocycles. The lowest BCUT2D eigenvalue weighted by molar-refractivity contribution is -0.215. The number of amides is 1. The maximum atomic E-state index is 13.7. The van der Waals surface area contributed by atoms with Crippen LogP contribution in [0.25, 0.3) is 0 Å². The third kappa shape index (κ3) is 5.34. The number of aliphatic hydroxyl groups is 2. The number of ether oxygens (including phenoxy) is 2. The fourth-order valence-corrected chi connectivity index (χ4v) is 6.23. The molecule has 3 aliphatic rings. The molecule has 1 amide bonds. The van der Waals surface area contributed by atoms with Gasteiger partial charge in [0, 0.05) is 23.4 Å². The summed E-state index contributed by atoms with van der Waals surface area (Å²) in [5, 5.41) is 22.4. The molecule has 3 fully saturated rings. The Kier molecular flexibility index (Phi) is 8.01. The number of rotatable bonds is 9. The van der Waals surface area contributed by atoms with E-state index in [2.05, 4.69) is 0 Å². The predicted molar refractivity (Wildman–Crippen MR) is 141 cm³/mol. The van der Waals surface area contributed by atoms with Crippen molar-refractivity contribution in [3.8, 4) is 0 Å². The molecule has 2 aliphatic heterocycles. The minimum absolute atomic E-state index is 0.0716. The molecule has 194 valence electrons. The van der Waals surface area contributed by atoms with Crippen LogP contribution in [-0.4, -0.2) is 58.5 Å². The zero-order valence-electron chi connectivity index (χ0n) is 21.1. The summed E-state index contributed by atoms with van der Waals surface area (Å²) in [5.74, 6) is -0.732. The molecule has 1 saturated carbocycles. The van der Waals surface area contributed by atoms with Gasteiger partial charge in [0.05, 0.1) is 38.6 Å². The predicted octanol–water partition coefficient (Wildman–Crippen LogP) is 3.92. The molecule has 6 heteroatoms. The van der Waals surface area contributed by atoms with E-state index in [0.717, 1.165) is 11.1 Å². The first-order chi connectivity index (χ1) is 18.1. The zero-order chi connectivity index (χ0) is 25.8. The highest BCUT2D eigenvalue weighted by molar-refractivity contribution is 5.95. The second-order valence-corrected chi connectivity index (χ2v) is 10.2. The van der Waals surface area contributed by atoms with E-state index >= 15 is 0 Å². The highest BCUT2D eigenvalue weighted by Crippen LogP contribution is 2.48. The fourth-order valence-electron chi connectivity index (χ4n) is 6.23. The summed E-state index contributed by atoms with van der Waals surface area (Å²) in [6.07, 6.45) is -1.99. The Bertz CT molecular complexity index is 1140. The van der Waals surface area contributed by atoms with Gasteiger partial charge in [0.15, 0.2) is 0 Å². The monoisotopic (exact) mass is 501 g/mol. The molecule has 37 heavy (non-hydrogen) atoms. The molecular weight excluding hydrogens is 466 g/mol. The lowest BCUT2D eigenvalue weighted by Gasteiger charge is -2.61. The van der Waals surface area contributed by atoms with Crippen molar-refractivity contribution >= 4 is 5.91 Å². The van der Waals surface area contributed by atoms with Gasteiger partial charge in [0.2, 0.25) is 0 Å². The molecule has 2 saturated heterocycles. The van der Waals surface area contributed by atoms with Gasteiger partial charge in [-0.2, -0.15) is 0 Å². The number of nitrogens with zero attached hydrogens (tertiary/aromatic N) is 1. The summed E-state index contributed by atoms with van der Waals surface area (Å²) in [4.78, 5) is 15.4. The summed E-state index contributed by atoms with van der Waals surface area (Å²) in [6, 6.07) is 28.2. The zero-order valence-corrected chi connectivity index (χ0v) is 21.1. The average molecular weight is 502 g/mol. The Morgan fingerprint density at radius 1 is 0.730 bits per heavy atom. The molecule has 6 nitrogen and oxygen atoms in total. The highest BCUT2D eigenvalue weighted by atomic mass is 16.5. The molecule has 1 aliphatic carbocycles. The van der Waals surface area contributed by atoms with Crippen LogP contribution >= 0.6 is 0 Å². The maximum Gasteiger partial charge on any atom is 0.254 e. The first-order valence-corrected chi connectivity index (χ1v) is 13.0. The lowest BCUT2D eigenvalue weighted by atomic mass is 9.59. The van der Waals surface area contributed by atoms with Gasteiger partial charge in [-0.3, -0.25) is 4.79 Å². The number of piperidine rings is 2.